The highest BCUT2D eigenvalue weighted by Crippen LogP contribution is 2.13. The van der Waals surface area contributed by atoms with Gasteiger partial charge in [-0.1, -0.05) is 5.16 Å². The van der Waals surface area contributed by atoms with Crippen LogP contribution in [0.3, 0.4) is 0 Å². The molecule has 0 atom stereocenters. The third-order valence-corrected chi connectivity index (χ3v) is 2.00. The van der Waals surface area contributed by atoms with Gasteiger partial charge in [-0.05, 0) is 11.6 Å². The summed E-state index contributed by atoms with van der Waals surface area (Å²) in [5.74, 6) is 0. The third kappa shape index (κ3) is 2.55. The van der Waals surface area contributed by atoms with E-state index in [1.165, 1.54) is 5.38 Å². The highest BCUT2D eigenvalue weighted by atomic mass is 35.5. The number of nitrogens with two attached hydrogens (primary N) is 1. The van der Waals surface area contributed by atoms with E-state index in [1.54, 1.807) is 0 Å². The zero-order chi connectivity index (χ0) is 9.84. The second kappa shape index (κ2) is 4.40. The lowest BCUT2D eigenvalue weighted by Gasteiger charge is -1.92. The second-order valence-corrected chi connectivity index (χ2v) is 3.22. The Bertz CT molecular complexity index is 351. The number of carbonyl (C=O) groups is 1. The summed E-state index contributed by atoms with van der Waals surface area (Å²) in [4.78, 5) is 14.5. The first-order valence-electron chi connectivity index (χ1n) is 2.92. The number of oxime groups is 1. The largest absolute Gasteiger partial charge is 0.375 e. The normalized spacial score (nSPS) is 11.4. The van der Waals surface area contributed by atoms with Gasteiger partial charge in [0.1, 0.15) is 5.69 Å². The van der Waals surface area contributed by atoms with Crippen LogP contribution in [0.4, 0.5) is 5.13 Å². The maximum absolute atomic E-state index is 10.8. The van der Waals surface area contributed by atoms with Crippen LogP contribution in [-0.4, -0.2) is 15.9 Å². The number of aromatic nitrogens is 1. The summed E-state index contributed by atoms with van der Waals surface area (Å²) in [6, 6.07) is 0. The fourth-order valence-corrected chi connectivity index (χ4v) is 1.36. The van der Waals surface area contributed by atoms with Gasteiger partial charge >= 0.3 is 0 Å². The number of anilines is 1. The third-order valence-electron chi connectivity index (χ3n) is 1.08. The Morgan fingerprint density at radius 2 is 2.46 bits per heavy atom. The van der Waals surface area contributed by atoms with Crippen molar-refractivity contribution in [3.8, 4) is 0 Å². The molecule has 1 rings (SSSR count). The summed E-state index contributed by atoms with van der Waals surface area (Å²) in [5, 5.41) is 4.20. The quantitative estimate of drug-likeness (QED) is 0.491. The molecule has 0 saturated carbocycles. The summed E-state index contributed by atoms with van der Waals surface area (Å²) in [6.45, 7) is 0. The van der Waals surface area contributed by atoms with Crippen molar-refractivity contribution in [3.05, 3.63) is 11.1 Å². The number of rotatable bonds is 3. The van der Waals surface area contributed by atoms with E-state index >= 15 is 0 Å². The predicted octanol–water partition coefficient (Wildman–Crippen LogP) is 1.37. The molecule has 1 aromatic rings. The maximum atomic E-state index is 10.8. The molecule has 1 aromatic heterocycles. The molecule has 13 heavy (non-hydrogen) atoms. The van der Waals surface area contributed by atoms with E-state index in [0.717, 1.165) is 11.3 Å². The smallest absolute Gasteiger partial charge is 0.276 e. The zero-order valence-corrected chi connectivity index (χ0v) is 8.36. The Hall–Kier alpha value is -0.850. The topological polar surface area (TPSA) is 77.6 Å². The van der Waals surface area contributed by atoms with E-state index in [2.05, 4.69) is 14.5 Å². The molecule has 0 aliphatic carbocycles. The molecule has 70 valence electrons. The van der Waals surface area contributed by atoms with Crippen molar-refractivity contribution in [3.63, 3.8) is 0 Å². The zero-order valence-electron chi connectivity index (χ0n) is 6.03. The van der Waals surface area contributed by atoms with Crippen molar-refractivity contribution in [1.82, 2.24) is 4.98 Å². The van der Waals surface area contributed by atoms with Crippen LogP contribution in [0.1, 0.15) is 5.69 Å². The minimum atomic E-state index is -0.814. The summed E-state index contributed by atoms with van der Waals surface area (Å²) in [5.41, 5.74) is 5.40. The van der Waals surface area contributed by atoms with Gasteiger partial charge in [0.05, 0.1) is 0 Å². The molecule has 0 unspecified atom stereocenters. The molecule has 2 N–H and O–H groups in total. The lowest BCUT2D eigenvalue weighted by molar-refractivity contribution is -0.106. The predicted molar refractivity (Wildman–Crippen MR) is 50.9 cm³/mol. The fraction of sp³-hybridized carbons (Fsp3) is 0. The Labute approximate surface area is 87.3 Å². The summed E-state index contributed by atoms with van der Waals surface area (Å²) in [6.07, 6.45) is 0. The summed E-state index contributed by atoms with van der Waals surface area (Å²) >= 11 is 11.2. The van der Waals surface area contributed by atoms with E-state index in [1.807, 2.05) is 0 Å². The van der Waals surface area contributed by atoms with Gasteiger partial charge in [-0.2, -0.15) is 0 Å². The highest BCUT2D eigenvalue weighted by molar-refractivity contribution is 7.13. The van der Waals surface area contributed by atoms with Gasteiger partial charge in [-0.15, -0.1) is 11.3 Å². The molecule has 0 aliphatic heterocycles. The van der Waals surface area contributed by atoms with Gasteiger partial charge in [-0.3, -0.25) is 9.18 Å². The molecule has 0 spiro atoms. The number of hydrogen-bond donors (Lipinski definition) is 1. The first kappa shape index (κ1) is 10.2. The van der Waals surface area contributed by atoms with Crippen LogP contribution < -0.4 is 5.73 Å². The Kier molecular flexibility index (Phi) is 3.47. The van der Waals surface area contributed by atoms with Gasteiger partial charge < -0.3 is 5.73 Å². The van der Waals surface area contributed by atoms with Crippen molar-refractivity contribution >= 4 is 50.9 Å². The molecule has 0 aliphatic rings. The maximum Gasteiger partial charge on any atom is 0.276 e. The van der Waals surface area contributed by atoms with Gasteiger partial charge in [0.15, 0.2) is 22.7 Å². The molecule has 1 heterocycles. The number of hydrogen-bond acceptors (Lipinski definition) is 6. The number of nitrogen functional groups attached to an aromatic ring is 1. The van der Waals surface area contributed by atoms with Crippen molar-refractivity contribution in [2.24, 2.45) is 5.16 Å². The average Bonchev–Trinajstić information content (AvgIpc) is 2.46. The van der Waals surface area contributed by atoms with Crippen LogP contribution in [0, 0.1) is 0 Å². The van der Waals surface area contributed by atoms with Gasteiger partial charge in [-0.25, -0.2) is 4.98 Å². The first-order chi connectivity index (χ1) is 6.15. The monoisotopic (exact) mass is 239 g/mol. The van der Waals surface area contributed by atoms with Crippen molar-refractivity contribution in [1.29, 1.82) is 0 Å². The standard InChI is InChI=1S/C5H3Cl2N3O2S/c6-4(11)3(10-12-7)2-1-13-5(8)9-2/h1H,(H2,8,9). The summed E-state index contributed by atoms with van der Waals surface area (Å²) < 4.78 is 3.91. The Balaban J connectivity index is 3.02. The van der Waals surface area contributed by atoms with Crippen LogP contribution in [0.2, 0.25) is 0 Å². The van der Waals surface area contributed by atoms with Crippen LogP contribution in [0.25, 0.3) is 0 Å². The molecule has 0 fully saturated rings. The molecule has 5 nitrogen and oxygen atoms in total. The molecule has 0 amide bonds. The van der Waals surface area contributed by atoms with Gasteiger partial charge in [0.25, 0.3) is 5.24 Å². The number of nitrogens with zero attached hydrogens (tertiary/aromatic N) is 2. The van der Waals surface area contributed by atoms with Gasteiger partial charge in [0.2, 0.25) is 0 Å². The second-order valence-electron chi connectivity index (χ2n) is 1.85. The van der Waals surface area contributed by atoms with Crippen LogP contribution in [0.5, 0.6) is 0 Å². The lowest BCUT2D eigenvalue weighted by atomic mass is 10.3. The first-order valence-corrected chi connectivity index (χ1v) is 4.48. The fourth-order valence-electron chi connectivity index (χ4n) is 0.614. The molecule has 8 heteroatoms. The van der Waals surface area contributed by atoms with Crippen molar-refractivity contribution < 1.29 is 9.18 Å². The van der Waals surface area contributed by atoms with Gasteiger partial charge in [0, 0.05) is 5.38 Å². The van der Waals surface area contributed by atoms with Crippen molar-refractivity contribution in [2.75, 3.05) is 5.73 Å². The number of carbonyl (C=O) groups excluding carboxylic acids is 1. The Morgan fingerprint density at radius 1 is 1.77 bits per heavy atom. The van der Waals surface area contributed by atoms with Crippen LogP contribution in [-0.2, 0) is 9.18 Å². The van der Waals surface area contributed by atoms with E-state index in [9.17, 15) is 4.79 Å². The van der Waals surface area contributed by atoms with Crippen LogP contribution >= 0.6 is 34.8 Å². The molecular formula is C5H3Cl2N3O2S. The van der Waals surface area contributed by atoms with E-state index < -0.39 is 5.24 Å². The number of thiazole rings is 1. The van der Waals surface area contributed by atoms with E-state index in [0.29, 0.717) is 5.13 Å². The lowest BCUT2D eigenvalue weighted by Crippen LogP contribution is -2.10. The van der Waals surface area contributed by atoms with E-state index in [-0.39, 0.29) is 11.4 Å². The average molecular weight is 240 g/mol. The van der Waals surface area contributed by atoms with Crippen LogP contribution in [0.15, 0.2) is 10.5 Å². The molecule has 0 saturated heterocycles. The van der Waals surface area contributed by atoms with E-state index in [4.69, 9.17) is 29.2 Å². The Morgan fingerprint density at radius 3 is 2.85 bits per heavy atom. The molecule has 0 aromatic carbocycles. The van der Waals surface area contributed by atoms with Crippen molar-refractivity contribution in [2.45, 2.75) is 0 Å². The molecule has 0 radical (unpaired) electrons. The number of halogens is 2. The minimum absolute atomic E-state index is 0.176. The summed E-state index contributed by atoms with van der Waals surface area (Å²) in [7, 11) is 0. The molecule has 0 bridgehead atoms. The highest BCUT2D eigenvalue weighted by Gasteiger charge is 2.15. The minimum Gasteiger partial charge on any atom is -0.375 e. The molecular weight excluding hydrogens is 237 g/mol. The SMILES string of the molecule is Nc1nc(C(=NOCl)C(=O)Cl)cs1.